The third-order valence-corrected chi connectivity index (χ3v) is 6.87. The fraction of sp³-hybridized carbons (Fsp3) is 0.385. The van der Waals surface area contributed by atoms with Crippen LogP contribution in [-0.2, 0) is 20.0 Å². The van der Waals surface area contributed by atoms with E-state index < -0.39 is 20.0 Å². The molecule has 1 aromatic heterocycles. The van der Waals surface area contributed by atoms with Crippen molar-refractivity contribution in [3.63, 3.8) is 0 Å². The van der Waals surface area contributed by atoms with Crippen LogP contribution in [0.1, 0.15) is 18.9 Å². The minimum Gasteiger partial charge on any atom is -0.249 e. The lowest BCUT2D eigenvalue weighted by molar-refractivity contribution is 0.258. The number of primary sulfonamides is 1. The highest BCUT2D eigenvalue weighted by Crippen LogP contribution is 2.26. The van der Waals surface area contributed by atoms with Crippen LogP contribution in [0.5, 0.6) is 0 Å². The van der Waals surface area contributed by atoms with E-state index >= 15 is 0 Å². The van der Waals surface area contributed by atoms with Gasteiger partial charge in [0.25, 0.3) is 0 Å². The number of benzene rings is 1. The van der Waals surface area contributed by atoms with Crippen LogP contribution in [0.4, 0.5) is 0 Å². The van der Waals surface area contributed by atoms with Crippen LogP contribution < -0.4 is 5.14 Å². The summed E-state index contributed by atoms with van der Waals surface area (Å²) in [6.45, 7) is 0.730. The number of nitrogens with two attached hydrogens (primary N) is 1. The highest BCUT2D eigenvalue weighted by Gasteiger charge is 2.30. The van der Waals surface area contributed by atoms with Crippen molar-refractivity contribution in [2.75, 3.05) is 13.1 Å². The Morgan fingerprint density at radius 1 is 1.00 bits per heavy atom. The first-order valence-corrected chi connectivity index (χ1v) is 10.3. The van der Waals surface area contributed by atoms with E-state index in [1.54, 1.807) is 17.1 Å². The van der Waals surface area contributed by atoms with E-state index in [2.05, 4.69) is 10.3 Å². The van der Waals surface area contributed by atoms with Gasteiger partial charge in [0.05, 0.1) is 22.0 Å². The molecule has 1 aliphatic rings. The molecule has 130 valence electrons. The lowest BCUT2D eigenvalue weighted by Gasteiger charge is -2.31. The van der Waals surface area contributed by atoms with Crippen LogP contribution in [0, 0.1) is 0 Å². The summed E-state index contributed by atoms with van der Waals surface area (Å²) in [4.78, 5) is -0.0690. The smallest absolute Gasteiger partial charge is 0.243 e. The number of sulfonamides is 2. The van der Waals surface area contributed by atoms with Gasteiger partial charge in [-0.2, -0.15) is 4.31 Å². The average Bonchev–Trinajstić information content (AvgIpc) is 3.09. The van der Waals surface area contributed by atoms with E-state index in [0.717, 1.165) is 0 Å². The quantitative estimate of drug-likeness (QED) is 0.802. The average molecular weight is 371 g/mol. The van der Waals surface area contributed by atoms with Gasteiger partial charge in [0, 0.05) is 19.3 Å². The van der Waals surface area contributed by atoms with Crippen molar-refractivity contribution in [3.05, 3.63) is 36.7 Å². The van der Waals surface area contributed by atoms with Gasteiger partial charge in [0.1, 0.15) is 0 Å². The molecule has 1 saturated heterocycles. The van der Waals surface area contributed by atoms with Gasteiger partial charge in [0.2, 0.25) is 20.0 Å². The standard InChI is InChI=1S/C13H17N5O4S2/c14-23(19,20)12-1-3-13(4-2-12)24(21,22)17-8-5-11(6-9-17)18-10-7-15-16-18/h1-4,7,10-11H,5-6,8-9H2,(H2,14,19,20). The molecule has 1 aromatic carbocycles. The maximum absolute atomic E-state index is 12.7. The molecule has 2 heterocycles. The zero-order valence-corrected chi connectivity index (χ0v) is 14.3. The number of piperidine rings is 1. The number of hydrogen-bond acceptors (Lipinski definition) is 6. The second-order valence-corrected chi connectivity index (χ2v) is 9.03. The monoisotopic (exact) mass is 371 g/mol. The molecular weight excluding hydrogens is 354 g/mol. The Kier molecular flexibility index (Phi) is 4.42. The van der Waals surface area contributed by atoms with Gasteiger partial charge in [-0.25, -0.2) is 26.7 Å². The van der Waals surface area contributed by atoms with Crippen molar-refractivity contribution in [1.82, 2.24) is 19.3 Å². The van der Waals surface area contributed by atoms with Crippen molar-refractivity contribution >= 4 is 20.0 Å². The lowest BCUT2D eigenvalue weighted by Crippen LogP contribution is -2.39. The maximum atomic E-state index is 12.7. The predicted octanol–water partition coefficient (Wildman–Crippen LogP) is -0.0487. The molecule has 2 aromatic rings. The summed E-state index contributed by atoms with van der Waals surface area (Å²) in [5.74, 6) is 0. The molecule has 2 N–H and O–H groups in total. The minimum atomic E-state index is -3.85. The van der Waals surface area contributed by atoms with Gasteiger partial charge in [-0.05, 0) is 37.1 Å². The highest BCUT2D eigenvalue weighted by atomic mass is 32.2. The molecule has 9 nitrogen and oxygen atoms in total. The van der Waals surface area contributed by atoms with E-state index in [0.29, 0.717) is 25.9 Å². The van der Waals surface area contributed by atoms with Crippen LogP contribution >= 0.6 is 0 Å². The summed E-state index contributed by atoms with van der Waals surface area (Å²) in [7, 11) is -7.51. The Hall–Kier alpha value is -1.82. The van der Waals surface area contributed by atoms with E-state index in [1.165, 1.54) is 28.6 Å². The van der Waals surface area contributed by atoms with Crippen LogP contribution in [0.3, 0.4) is 0 Å². The summed E-state index contributed by atoms with van der Waals surface area (Å²) < 4.78 is 50.9. The zero-order valence-electron chi connectivity index (χ0n) is 12.7. The van der Waals surface area contributed by atoms with Crippen LogP contribution in [0.25, 0.3) is 0 Å². The number of aromatic nitrogens is 3. The first-order chi connectivity index (χ1) is 11.3. The molecule has 11 heteroatoms. The molecule has 0 aliphatic carbocycles. The summed E-state index contributed by atoms with van der Waals surface area (Å²) in [5, 5.41) is 12.7. The summed E-state index contributed by atoms with van der Waals surface area (Å²) >= 11 is 0. The van der Waals surface area contributed by atoms with Crippen LogP contribution in [0.2, 0.25) is 0 Å². The van der Waals surface area contributed by atoms with E-state index in [1.807, 2.05) is 0 Å². The van der Waals surface area contributed by atoms with E-state index in [-0.39, 0.29) is 15.8 Å². The third-order valence-electron chi connectivity index (χ3n) is 4.03. The molecule has 0 spiro atoms. The van der Waals surface area contributed by atoms with Crippen molar-refractivity contribution in [2.24, 2.45) is 5.14 Å². The predicted molar refractivity (Wildman–Crippen MR) is 84.9 cm³/mol. The Labute approximate surface area is 140 Å². The second-order valence-electron chi connectivity index (χ2n) is 5.53. The van der Waals surface area contributed by atoms with Gasteiger partial charge >= 0.3 is 0 Å². The van der Waals surface area contributed by atoms with Crippen molar-refractivity contribution < 1.29 is 16.8 Å². The fourth-order valence-corrected chi connectivity index (χ4v) is 4.69. The first kappa shape index (κ1) is 17.0. The van der Waals surface area contributed by atoms with Crippen LogP contribution in [0.15, 0.2) is 46.5 Å². The Bertz CT molecular complexity index is 900. The normalized spacial score (nSPS) is 17.9. The third kappa shape index (κ3) is 3.34. The second kappa shape index (κ2) is 6.24. The summed E-state index contributed by atoms with van der Waals surface area (Å²) in [5.41, 5.74) is 0. The first-order valence-electron chi connectivity index (χ1n) is 7.27. The summed E-state index contributed by atoms with van der Waals surface area (Å²) in [6.07, 6.45) is 4.63. The largest absolute Gasteiger partial charge is 0.249 e. The number of rotatable bonds is 4. The molecule has 3 rings (SSSR count). The highest BCUT2D eigenvalue weighted by molar-refractivity contribution is 7.89. The fourth-order valence-electron chi connectivity index (χ4n) is 2.71. The van der Waals surface area contributed by atoms with E-state index in [4.69, 9.17) is 5.14 Å². The van der Waals surface area contributed by atoms with Crippen molar-refractivity contribution in [3.8, 4) is 0 Å². The molecule has 0 saturated carbocycles. The molecule has 0 radical (unpaired) electrons. The van der Waals surface area contributed by atoms with Gasteiger partial charge in [-0.1, -0.05) is 5.21 Å². The molecule has 0 bridgehead atoms. The van der Waals surface area contributed by atoms with Gasteiger partial charge in [-0.15, -0.1) is 5.10 Å². The summed E-state index contributed by atoms with van der Waals surface area (Å²) in [6, 6.07) is 5.05. The SMILES string of the molecule is NS(=O)(=O)c1ccc(S(=O)(=O)N2CCC(n3ccnn3)CC2)cc1. The van der Waals surface area contributed by atoms with Crippen LogP contribution in [-0.4, -0.2) is 49.2 Å². The Morgan fingerprint density at radius 3 is 2.08 bits per heavy atom. The molecule has 1 fully saturated rings. The number of nitrogens with zero attached hydrogens (tertiary/aromatic N) is 4. The molecule has 0 amide bonds. The molecule has 0 unspecified atom stereocenters. The molecule has 0 atom stereocenters. The van der Waals surface area contributed by atoms with Crippen molar-refractivity contribution in [1.29, 1.82) is 0 Å². The van der Waals surface area contributed by atoms with E-state index in [9.17, 15) is 16.8 Å². The lowest BCUT2D eigenvalue weighted by atomic mass is 10.1. The zero-order chi connectivity index (χ0) is 17.4. The van der Waals surface area contributed by atoms with Gasteiger partial charge in [-0.3, -0.25) is 0 Å². The van der Waals surface area contributed by atoms with Gasteiger partial charge in [0.15, 0.2) is 0 Å². The van der Waals surface area contributed by atoms with Gasteiger partial charge < -0.3 is 0 Å². The molecular formula is C13H17N5O4S2. The molecule has 1 aliphatic heterocycles. The Balaban J connectivity index is 1.74. The molecule has 24 heavy (non-hydrogen) atoms. The Morgan fingerprint density at radius 2 is 1.58 bits per heavy atom. The van der Waals surface area contributed by atoms with Crippen molar-refractivity contribution in [2.45, 2.75) is 28.7 Å². The topological polar surface area (TPSA) is 128 Å². The number of hydrogen-bond donors (Lipinski definition) is 1. The maximum Gasteiger partial charge on any atom is 0.243 e. The minimum absolute atomic E-state index is 0.0501.